The topological polar surface area (TPSA) is 72.5 Å². The molecule has 5 nitrogen and oxygen atoms in total. The Kier molecular flexibility index (Phi) is 4.64. The molecule has 0 saturated heterocycles. The monoisotopic (exact) mass is 335 g/mol. The van der Waals surface area contributed by atoms with Gasteiger partial charge in [0.05, 0.1) is 0 Å². The van der Waals surface area contributed by atoms with E-state index in [1.807, 2.05) is 0 Å². The largest absolute Gasteiger partial charge is 0.444 e. The molecule has 112 valence electrons. The molecule has 1 aliphatic rings. The van der Waals surface area contributed by atoms with Gasteiger partial charge in [-0.2, -0.15) is 8.42 Å². The van der Waals surface area contributed by atoms with Gasteiger partial charge in [0.1, 0.15) is 5.60 Å². The van der Waals surface area contributed by atoms with Gasteiger partial charge in [-0.15, -0.1) is 3.89 Å². The van der Waals surface area contributed by atoms with Crippen LogP contribution < -0.4 is 5.32 Å². The molecular weight excluding hydrogens is 320 g/mol. The van der Waals surface area contributed by atoms with Crippen molar-refractivity contribution in [2.45, 2.75) is 48.9 Å². The van der Waals surface area contributed by atoms with Crippen LogP contribution in [-0.2, 0) is 15.0 Å². The number of hydrogen-bond acceptors (Lipinski definition) is 4. The molecule has 0 unspecified atom stereocenters. The normalized spacial score (nSPS) is 24.5. The van der Waals surface area contributed by atoms with Gasteiger partial charge in [-0.25, -0.2) is 4.79 Å². The Morgan fingerprint density at radius 3 is 2.16 bits per heavy atom. The van der Waals surface area contributed by atoms with E-state index in [0.29, 0.717) is 12.8 Å². The smallest absolute Gasteiger partial charge is 0.407 e. The van der Waals surface area contributed by atoms with Crippen molar-refractivity contribution in [2.24, 2.45) is 5.92 Å². The second-order valence-electron chi connectivity index (χ2n) is 5.44. The van der Waals surface area contributed by atoms with Crippen molar-refractivity contribution < 1.29 is 21.8 Å². The molecule has 1 fully saturated rings. The molecule has 1 N–H and O–H groups in total. The van der Waals surface area contributed by atoms with Crippen molar-refractivity contribution in [3.8, 4) is 0 Å². The van der Waals surface area contributed by atoms with E-state index in [4.69, 9.17) is 27.9 Å². The third kappa shape index (κ3) is 4.10. The number of ether oxygens (including phenoxy) is 1. The highest BCUT2D eigenvalue weighted by atomic mass is 35.5. The number of alkyl halides is 2. The van der Waals surface area contributed by atoms with Crippen molar-refractivity contribution in [1.29, 1.82) is 0 Å². The average molecular weight is 336 g/mol. The van der Waals surface area contributed by atoms with E-state index in [1.54, 1.807) is 20.8 Å². The number of nitrogens with one attached hydrogen (secondary N) is 1. The van der Waals surface area contributed by atoms with Crippen molar-refractivity contribution >= 4 is 39.5 Å². The van der Waals surface area contributed by atoms with Crippen LogP contribution in [-0.4, -0.2) is 29.8 Å². The first kappa shape index (κ1) is 16.8. The van der Waals surface area contributed by atoms with Crippen molar-refractivity contribution in [3.63, 3.8) is 0 Å². The summed E-state index contributed by atoms with van der Waals surface area (Å²) in [6.07, 6.45) is 0.0413. The van der Waals surface area contributed by atoms with Gasteiger partial charge in [0.25, 0.3) is 3.67 Å². The minimum Gasteiger partial charge on any atom is -0.444 e. The van der Waals surface area contributed by atoms with Gasteiger partial charge in [-0.05, 0) is 33.6 Å². The van der Waals surface area contributed by atoms with Crippen LogP contribution in [0.2, 0.25) is 0 Å². The first-order chi connectivity index (χ1) is 8.34. The van der Waals surface area contributed by atoms with E-state index in [9.17, 15) is 17.1 Å². The minimum absolute atomic E-state index is 0.302. The molecule has 0 aromatic carbocycles. The van der Waals surface area contributed by atoms with Crippen LogP contribution in [0, 0.1) is 5.92 Å². The second kappa shape index (κ2) is 5.26. The Morgan fingerprint density at radius 1 is 1.32 bits per heavy atom. The van der Waals surface area contributed by atoms with E-state index < -0.39 is 37.5 Å². The summed E-state index contributed by atoms with van der Waals surface area (Å²) < 4.78 is 37.2. The molecule has 1 rings (SSSR count). The highest BCUT2D eigenvalue weighted by Gasteiger charge is 2.55. The van der Waals surface area contributed by atoms with Gasteiger partial charge in [0.2, 0.25) is 0 Å². The summed E-state index contributed by atoms with van der Waals surface area (Å²) in [5, 5.41) is 2.44. The zero-order chi connectivity index (χ0) is 15.1. The molecule has 2 atom stereocenters. The lowest BCUT2D eigenvalue weighted by Gasteiger charge is -2.41. The maximum Gasteiger partial charge on any atom is 0.407 e. The first-order valence-electron chi connectivity index (χ1n) is 5.66. The fourth-order valence-corrected chi connectivity index (χ4v) is 2.88. The molecule has 0 aromatic rings. The Hall–Kier alpha value is -0.270. The summed E-state index contributed by atoms with van der Waals surface area (Å²) in [6.45, 7) is 5.05. The number of halogens is 3. The third-order valence-corrected chi connectivity index (χ3v) is 5.35. The van der Waals surface area contributed by atoms with Crippen LogP contribution >= 0.6 is 23.2 Å². The highest BCUT2D eigenvalue weighted by Crippen LogP contribution is 2.47. The third-order valence-electron chi connectivity index (χ3n) is 2.73. The van der Waals surface area contributed by atoms with Crippen LogP contribution in [0.25, 0.3) is 0 Å². The summed E-state index contributed by atoms with van der Waals surface area (Å²) in [5.41, 5.74) is -0.686. The molecule has 9 heteroatoms. The predicted octanol–water partition coefficient (Wildman–Crippen LogP) is 2.72. The lowest BCUT2D eigenvalue weighted by Crippen LogP contribution is -2.55. The average Bonchev–Trinajstić information content (AvgIpc) is 2.06. The summed E-state index contributed by atoms with van der Waals surface area (Å²) in [6, 6.07) is -0.629. The Labute approximate surface area is 122 Å². The SMILES string of the molecule is CC(C)(C)OC(=O)N[C@@H]1CC[C@H]1C(Cl)(Cl)S(=O)(=O)F. The second-order valence-corrected chi connectivity index (χ2v) is 8.79. The molecule has 19 heavy (non-hydrogen) atoms. The molecular formula is C10H16Cl2FNO4S. The highest BCUT2D eigenvalue weighted by molar-refractivity contribution is 7.90. The molecule has 1 saturated carbocycles. The zero-order valence-electron chi connectivity index (χ0n) is 10.7. The van der Waals surface area contributed by atoms with E-state index in [-0.39, 0.29) is 0 Å². The van der Waals surface area contributed by atoms with Gasteiger partial charge in [-0.1, -0.05) is 23.2 Å². The fourth-order valence-electron chi connectivity index (χ4n) is 1.71. The fraction of sp³-hybridized carbons (Fsp3) is 0.900. The van der Waals surface area contributed by atoms with Gasteiger partial charge in [0.15, 0.2) is 0 Å². The molecule has 0 bridgehead atoms. The van der Waals surface area contributed by atoms with Gasteiger partial charge < -0.3 is 10.1 Å². The predicted molar refractivity (Wildman–Crippen MR) is 70.3 cm³/mol. The molecule has 0 aliphatic heterocycles. The van der Waals surface area contributed by atoms with Crippen LogP contribution in [0.4, 0.5) is 8.68 Å². The van der Waals surface area contributed by atoms with Crippen LogP contribution in [0.15, 0.2) is 0 Å². The van der Waals surface area contributed by atoms with Crippen molar-refractivity contribution in [2.75, 3.05) is 0 Å². The lowest BCUT2D eigenvalue weighted by atomic mass is 9.80. The standard InChI is InChI=1S/C10H16Cl2FNO4S/c1-9(2,3)18-8(15)14-7-5-4-6(7)10(11,12)19(13,16)17/h6-7H,4-5H2,1-3H3,(H,14,15)/t6-,7-/m1/s1. The van der Waals surface area contributed by atoms with Crippen molar-refractivity contribution in [3.05, 3.63) is 0 Å². The van der Waals surface area contributed by atoms with Gasteiger partial charge in [-0.3, -0.25) is 0 Å². The number of carbonyl (C=O) groups is 1. The summed E-state index contributed by atoms with van der Waals surface area (Å²) in [4.78, 5) is 11.5. The number of hydrogen-bond donors (Lipinski definition) is 1. The first-order valence-corrected chi connectivity index (χ1v) is 7.80. The van der Waals surface area contributed by atoms with Gasteiger partial charge in [0, 0.05) is 12.0 Å². The lowest BCUT2D eigenvalue weighted by molar-refractivity contribution is 0.0437. The molecule has 0 spiro atoms. The van der Waals surface area contributed by atoms with Gasteiger partial charge >= 0.3 is 16.3 Å². The molecule has 0 heterocycles. The summed E-state index contributed by atoms with van der Waals surface area (Å²) >= 11 is 11.1. The summed E-state index contributed by atoms with van der Waals surface area (Å²) in [5.74, 6) is -0.904. The van der Waals surface area contributed by atoms with Crippen LogP contribution in [0.5, 0.6) is 0 Å². The Bertz CT molecular complexity index is 461. The molecule has 0 aromatic heterocycles. The number of rotatable bonds is 3. The number of carbonyl (C=O) groups excluding carboxylic acids is 1. The van der Waals surface area contributed by atoms with Crippen LogP contribution in [0.3, 0.4) is 0 Å². The van der Waals surface area contributed by atoms with E-state index in [0.717, 1.165) is 0 Å². The summed E-state index contributed by atoms with van der Waals surface area (Å²) in [7, 11) is -5.13. The molecule has 1 aliphatic carbocycles. The maximum atomic E-state index is 13.0. The van der Waals surface area contributed by atoms with Crippen molar-refractivity contribution in [1.82, 2.24) is 5.32 Å². The molecule has 1 amide bonds. The Morgan fingerprint density at radius 2 is 1.84 bits per heavy atom. The van der Waals surface area contributed by atoms with E-state index in [1.165, 1.54) is 0 Å². The number of amides is 1. The quantitative estimate of drug-likeness (QED) is 0.635. The van der Waals surface area contributed by atoms with E-state index >= 15 is 0 Å². The van der Waals surface area contributed by atoms with Crippen LogP contribution in [0.1, 0.15) is 33.6 Å². The maximum absolute atomic E-state index is 13.0. The molecule has 0 radical (unpaired) electrons. The minimum atomic E-state index is -5.13. The number of alkyl carbamates (subject to hydrolysis) is 1. The van der Waals surface area contributed by atoms with E-state index in [2.05, 4.69) is 5.32 Å². The Balaban J connectivity index is 2.66. The zero-order valence-corrected chi connectivity index (χ0v) is 13.1.